The number of halogens is 2. The van der Waals surface area contributed by atoms with Gasteiger partial charge in [0.25, 0.3) is 0 Å². The van der Waals surface area contributed by atoms with Crippen molar-refractivity contribution in [3.63, 3.8) is 0 Å². The SMILES string of the molecule is CC(C)(C)OC(=O)n1c(CF)nc2cc(Br)ccc21. The van der Waals surface area contributed by atoms with Gasteiger partial charge in [0.15, 0.2) is 5.82 Å². The maximum atomic E-state index is 13.0. The normalized spacial score (nSPS) is 11.8. The van der Waals surface area contributed by atoms with Gasteiger partial charge in [0.05, 0.1) is 11.0 Å². The van der Waals surface area contributed by atoms with Crippen LogP contribution in [0.3, 0.4) is 0 Å². The fourth-order valence-corrected chi connectivity index (χ4v) is 2.05. The topological polar surface area (TPSA) is 44.1 Å². The molecule has 0 saturated heterocycles. The lowest BCUT2D eigenvalue weighted by Crippen LogP contribution is -2.28. The second kappa shape index (κ2) is 4.92. The van der Waals surface area contributed by atoms with Crippen LogP contribution in [-0.2, 0) is 11.4 Å². The third kappa shape index (κ3) is 2.94. The van der Waals surface area contributed by atoms with Gasteiger partial charge in [0.2, 0.25) is 0 Å². The van der Waals surface area contributed by atoms with Gasteiger partial charge in [-0.15, -0.1) is 0 Å². The monoisotopic (exact) mass is 328 g/mol. The molecule has 4 nitrogen and oxygen atoms in total. The summed E-state index contributed by atoms with van der Waals surface area (Å²) >= 11 is 3.31. The van der Waals surface area contributed by atoms with Gasteiger partial charge >= 0.3 is 6.09 Å². The molecule has 0 aliphatic heterocycles. The van der Waals surface area contributed by atoms with E-state index in [0.29, 0.717) is 11.0 Å². The second-order valence-corrected chi connectivity index (χ2v) is 6.03. The number of ether oxygens (including phenoxy) is 1. The summed E-state index contributed by atoms with van der Waals surface area (Å²) in [5, 5.41) is 0. The van der Waals surface area contributed by atoms with E-state index in [0.717, 1.165) is 4.47 Å². The molecule has 6 heteroatoms. The predicted octanol–water partition coefficient (Wildman–Crippen LogP) is 4.05. The maximum Gasteiger partial charge on any atom is 0.420 e. The van der Waals surface area contributed by atoms with E-state index in [9.17, 15) is 9.18 Å². The molecule has 2 rings (SSSR count). The van der Waals surface area contributed by atoms with E-state index in [-0.39, 0.29) is 5.82 Å². The van der Waals surface area contributed by atoms with Gasteiger partial charge in [0, 0.05) is 4.47 Å². The van der Waals surface area contributed by atoms with Gasteiger partial charge in [-0.1, -0.05) is 15.9 Å². The largest absolute Gasteiger partial charge is 0.443 e. The Kier molecular flexibility index (Phi) is 3.62. The number of carbonyl (C=O) groups is 1. The number of aromatic nitrogens is 2. The van der Waals surface area contributed by atoms with Crippen LogP contribution in [0.25, 0.3) is 11.0 Å². The quantitative estimate of drug-likeness (QED) is 0.793. The fraction of sp³-hybridized carbons (Fsp3) is 0.385. The Labute approximate surface area is 118 Å². The lowest BCUT2D eigenvalue weighted by atomic mass is 10.2. The molecular weight excluding hydrogens is 315 g/mol. The molecule has 0 aliphatic carbocycles. The van der Waals surface area contributed by atoms with Crippen LogP contribution in [0.2, 0.25) is 0 Å². The van der Waals surface area contributed by atoms with Crippen molar-refractivity contribution in [1.82, 2.24) is 9.55 Å². The molecule has 0 fully saturated rings. The van der Waals surface area contributed by atoms with Crippen LogP contribution in [0.4, 0.5) is 9.18 Å². The molecule has 2 aromatic rings. The average Bonchev–Trinajstić information content (AvgIpc) is 2.63. The zero-order valence-electron chi connectivity index (χ0n) is 10.9. The highest BCUT2D eigenvalue weighted by Crippen LogP contribution is 2.22. The summed E-state index contributed by atoms with van der Waals surface area (Å²) in [4.78, 5) is 16.2. The van der Waals surface area contributed by atoms with Crippen molar-refractivity contribution >= 4 is 33.1 Å². The highest BCUT2D eigenvalue weighted by molar-refractivity contribution is 9.10. The first-order valence-electron chi connectivity index (χ1n) is 5.78. The Morgan fingerprint density at radius 1 is 1.47 bits per heavy atom. The molecule has 0 radical (unpaired) electrons. The Hall–Kier alpha value is -1.43. The zero-order chi connectivity index (χ0) is 14.2. The number of benzene rings is 1. The summed E-state index contributed by atoms with van der Waals surface area (Å²) in [6.45, 7) is 4.45. The zero-order valence-corrected chi connectivity index (χ0v) is 12.5. The maximum absolute atomic E-state index is 13.0. The van der Waals surface area contributed by atoms with E-state index < -0.39 is 18.4 Å². The molecule has 0 unspecified atom stereocenters. The van der Waals surface area contributed by atoms with E-state index in [4.69, 9.17) is 4.74 Å². The minimum absolute atomic E-state index is 0.0438. The molecule has 1 heterocycles. The minimum Gasteiger partial charge on any atom is -0.443 e. The minimum atomic E-state index is -0.828. The highest BCUT2D eigenvalue weighted by Gasteiger charge is 2.23. The van der Waals surface area contributed by atoms with Gasteiger partial charge in [-0.05, 0) is 39.0 Å². The fourth-order valence-electron chi connectivity index (χ4n) is 1.70. The van der Waals surface area contributed by atoms with Crippen LogP contribution in [0.5, 0.6) is 0 Å². The molecule has 0 N–H and O–H groups in total. The molecule has 1 aromatic carbocycles. The molecule has 0 aliphatic rings. The molecule has 0 amide bonds. The van der Waals surface area contributed by atoms with Crippen molar-refractivity contribution < 1.29 is 13.9 Å². The summed E-state index contributed by atoms with van der Waals surface area (Å²) in [5.41, 5.74) is 0.439. The average molecular weight is 329 g/mol. The van der Waals surface area contributed by atoms with E-state index in [1.165, 1.54) is 4.57 Å². The van der Waals surface area contributed by atoms with Crippen LogP contribution in [-0.4, -0.2) is 21.2 Å². The van der Waals surface area contributed by atoms with Crippen molar-refractivity contribution in [2.24, 2.45) is 0 Å². The van der Waals surface area contributed by atoms with E-state index >= 15 is 0 Å². The number of hydrogen-bond acceptors (Lipinski definition) is 3. The van der Waals surface area contributed by atoms with Crippen molar-refractivity contribution in [3.8, 4) is 0 Å². The summed E-state index contributed by atoms with van der Waals surface area (Å²) in [7, 11) is 0. The first-order valence-corrected chi connectivity index (χ1v) is 6.57. The van der Waals surface area contributed by atoms with E-state index in [1.807, 2.05) is 0 Å². The molecule has 0 spiro atoms. The number of fused-ring (bicyclic) bond motifs is 1. The third-order valence-corrected chi connectivity index (χ3v) is 2.87. The van der Waals surface area contributed by atoms with Crippen molar-refractivity contribution in [2.75, 3.05) is 0 Å². The second-order valence-electron chi connectivity index (χ2n) is 5.11. The number of nitrogens with zero attached hydrogens (tertiary/aromatic N) is 2. The summed E-state index contributed by atoms with van der Waals surface area (Å²) in [6, 6.07) is 5.21. The van der Waals surface area contributed by atoms with E-state index in [2.05, 4.69) is 20.9 Å². The lowest BCUT2D eigenvalue weighted by molar-refractivity contribution is 0.0536. The summed E-state index contributed by atoms with van der Waals surface area (Å²) in [6.07, 6.45) is -0.620. The Morgan fingerprint density at radius 3 is 2.74 bits per heavy atom. The molecule has 102 valence electrons. The van der Waals surface area contributed by atoms with Gasteiger partial charge < -0.3 is 4.74 Å². The summed E-state index contributed by atoms with van der Waals surface area (Å²) in [5.74, 6) is 0.0438. The van der Waals surface area contributed by atoms with Gasteiger partial charge in [-0.3, -0.25) is 0 Å². The Bertz CT molecular complexity index is 631. The van der Waals surface area contributed by atoms with Crippen molar-refractivity contribution in [1.29, 1.82) is 0 Å². The molecule has 0 atom stereocenters. The number of alkyl halides is 1. The third-order valence-electron chi connectivity index (χ3n) is 2.38. The molecular formula is C13H14BrFN2O2. The molecule has 0 saturated carbocycles. The van der Waals surface area contributed by atoms with Gasteiger partial charge in [-0.2, -0.15) is 0 Å². The Morgan fingerprint density at radius 2 is 2.16 bits per heavy atom. The van der Waals surface area contributed by atoms with Gasteiger partial charge in [-0.25, -0.2) is 18.7 Å². The van der Waals surface area contributed by atoms with Crippen LogP contribution in [0, 0.1) is 0 Å². The number of carbonyl (C=O) groups excluding carboxylic acids is 1. The number of imidazole rings is 1. The van der Waals surface area contributed by atoms with Crippen LogP contribution >= 0.6 is 15.9 Å². The highest BCUT2D eigenvalue weighted by atomic mass is 79.9. The standard InChI is InChI=1S/C13H14BrFN2O2/c1-13(2,3)19-12(18)17-10-5-4-8(14)6-9(10)16-11(17)7-15/h4-6H,7H2,1-3H3. The van der Waals surface area contributed by atoms with Crippen molar-refractivity contribution in [3.05, 3.63) is 28.5 Å². The lowest BCUT2D eigenvalue weighted by Gasteiger charge is -2.20. The number of rotatable bonds is 1. The van der Waals surface area contributed by atoms with Crippen LogP contribution in [0.15, 0.2) is 22.7 Å². The molecule has 0 bridgehead atoms. The predicted molar refractivity (Wildman–Crippen MR) is 73.9 cm³/mol. The van der Waals surface area contributed by atoms with Crippen molar-refractivity contribution in [2.45, 2.75) is 33.0 Å². The smallest absolute Gasteiger partial charge is 0.420 e. The van der Waals surface area contributed by atoms with E-state index in [1.54, 1.807) is 39.0 Å². The first-order chi connectivity index (χ1) is 8.81. The molecule has 19 heavy (non-hydrogen) atoms. The first kappa shape index (κ1) is 14.0. The van der Waals surface area contributed by atoms with Crippen LogP contribution in [0.1, 0.15) is 26.6 Å². The number of hydrogen-bond donors (Lipinski definition) is 0. The van der Waals surface area contributed by atoms with Gasteiger partial charge in [0.1, 0.15) is 12.3 Å². The molecule has 1 aromatic heterocycles. The Balaban J connectivity index is 2.54. The summed E-state index contributed by atoms with van der Waals surface area (Å²) < 4.78 is 20.3. The van der Waals surface area contributed by atoms with Crippen LogP contribution < -0.4 is 0 Å².